The first-order valence-corrected chi connectivity index (χ1v) is 4.68. The minimum Gasteiger partial charge on any atom is -0.0776 e. The van der Waals surface area contributed by atoms with Gasteiger partial charge in [0.05, 0.1) is 0 Å². The molecule has 0 nitrogen and oxygen atoms in total. The van der Waals surface area contributed by atoms with E-state index in [1.54, 1.807) is 0 Å². The van der Waals surface area contributed by atoms with Crippen LogP contribution in [0.3, 0.4) is 0 Å². The average molecular weight is 178 g/mol. The topological polar surface area (TPSA) is 0 Å². The molecule has 0 heterocycles. The zero-order chi connectivity index (χ0) is 9.14. The molecule has 0 aromatic rings. The van der Waals surface area contributed by atoms with Crippen molar-refractivity contribution in [1.82, 2.24) is 0 Å². The van der Waals surface area contributed by atoms with E-state index in [4.69, 9.17) is 0 Å². The second kappa shape index (κ2) is 5.06. The molecular weight excluding hydrogens is 156 g/mol. The summed E-state index contributed by atoms with van der Waals surface area (Å²) in [6.07, 6.45) is 9.08. The van der Waals surface area contributed by atoms with Crippen LogP contribution >= 0.6 is 0 Å². The van der Waals surface area contributed by atoms with Gasteiger partial charge in [0.25, 0.3) is 0 Å². The molecule has 0 saturated carbocycles. The molecule has 1 rings (SSSR count). The van der Waals surface area contributed by atoms with Crippen LogP contribution in [-0.2, 0) is 0 Å². The summed E-state index contributed by atoms with van der Waals surface area (Å²) in [5.41, 5.74) is 2.82. The molecule has 0 radical (unpaired) electrons. The fourth-order valence-corrected chi connectivity index (χ4v) is 1.49. The lowest BCUT2D eigenvalue weighted by atomic mass is 9.99. The van der Waals surface area contributed by atoms with Crippen molar-refractivity contribution < 1.29 is 0 Å². The third-order valence-corrected chi connectivity index (χ3v) is 2.19. The summed E-state index contributed by atoms with van der Waals surface area (Å²) in [5.74, 6) is 1.22. The lowest BCUT2D eigenvalue weighted by molar-refractivity contribution is 0.773. The summed E-state index contributed by atoms with van der Waals surface area (Å²) < 4.78 is 0. The van der Waals surface area contributed by atoms with E-state index < -0.39 is 0 Å². The molecule has 1 aliphatic carbocycles. The Morgan fingerprint density at radius 1 is 1.15 bits per heavy atom. The van der Waals surface area contributed by atoms with E-state index >= 15 is 0 Å². The van der Waals surface area contributed by atoms with Crippen molar-refractivity contribution in [1.29, 1.82) is 0 Å². The van der Waals surface area contributed by atoms with Gasteiger partial charge in [-0.15, -0.1) is 0 Å². The lowest BCUT2D eigenvalue weighted by Crippen LogP contribution is -1.92. The fraction of sp³-hybridized carbons (Fsp3) is 0.538. The standard InChI is InChI=1S/C12H18.CH4/c1-9(2)12-6-5-10(3)7-11(4)8-12;/h5-9,11H,1-4H3;1H4. The van der Waals surface area contributed by atoms with E-state index in [0.29, 0.717) is 11.8 Å². The van der Waals surface area contributed by atoms with Crippen LogP contribution in [0.5, 0.6) is 0 Å². The third-order valence-electron chi connectivity index (χ3n) is 2.19. The average Bonchev–Trinajstić information content (AvgIpc) is 2.11. The molecule has 13 heavy (non-hydrogen) atoms. The summed E-state index contributed by atoms with van der Waals surface area (Å²) >= 11 is 0. The molecule has 0 spiro atoms. The molecule has 1 atom stereocenters. The Hall–Kier alpha value is -0.780. The highest BCUT2D eigenvalue weighted by molar-refractivity contribution is 5.33. The van der Waals surface area contributed by atoms with Crippen LogP contribution in [0, 0.1) is 11.8 Å². The fourth-order valence-electron chi connectivity index (χ4n) is 1.49. The molecule has 0 heteroatoms. The van der Waals surface area contributed by atoms with Gasteiger partial charge in [-0.1, -0.05) is 58.1 Å². The van der Waals surface area contributed by atoms with Gasteiger partial charge in [-0.3, -0.25) is 0 Å². The van der Waals surface area contributed by atoms with Crippen LogP contribution in [0.2, 0.25) is 0 Å². The molecule has 1 aliphatic rings. The van der Waals surface area contributed by atoms with Gasteiger partial charge in [0.2, 0.25) is 0 Å². The molecule has 74 valence electrons. The van der Waals surface area contributed by atoms with Gasteiger partial charge < -0.3 is 0 Å². The maximum atomic E-state index is 2.34. The minimum atomic E-state index is 0. The van der Waals surface area contributed by atoms with Crippen LogP contribution in [0.1, 0.15) is 35.1 Å². The lowest BCUT2D eigenvalue weighted by Gasteiger charge is -2.06. The number of allylic oxidation sites excluding steroid dienone is 6. The maximum absolute atomic E-state index is 2.34. The number of hydrogen-bond acceptors (Lipinski definition) is 0. The van der Waals surface area contributed by atoms with Crippen LogP contribution in [-0.4, -0.2) is 0 Å². The Balaban J connectivity index is 0.00000144. The highest BCUT2D eigenvalue weighted by Crippen LogP contribution is 2.20. The molecule has 1 unspecified atom stereocenters. The first-order valence-electron chi connectivity index (χ1n) is 4.68. The Labute approximate surface area is 83.0 Å². The molecule has 0 aliphatic heterocycles. The van der Waals surface area contributed by atoms with Crippen molar-refractivity contribution in [2.24, 2.45) is 11.8 Å². The quantitative estimate of drug-likeness (QED) is 0.559. The predicted octanol–water partition coefficient (Wildman–Crippen LogP) is 4.36. The van der Waals surface area contributed by atoms with Gasteiger partial charge >= 0.3 is 0 Å². The van der Waals surface area contributed by atoms with Gasteiger partial charge in [0.1, 0.15) is 0 Å². The highest BCUT2D eigenvalue weighted by Gasteiger charge is 2.04. The summed E-state index contributed by atoms with van der Waals surface area (Å²) in [7, 11) is 0. The second-order valence-corrected chi connectivity index (χ2v) is 3.92. The second-order valence-electron chi connectivity index (χ2n) is 3.92. The SMILES string of the molecule is C.CC1=CC(C)C=C(C(C)C)C=C1. The van der Waals surface area contributed by atoms with Crippen LogP contribution in [0.25, 0.3) is 0 Å². The van der Waals surface area contributed by atoms with Crippen LogP contribution in [0.4, 0.5) is 0 Å². The Kier molecular flexibility index (Phi) is 4.76. The molecule has 0 aromatic heterocycles. The molecule has 0 aromatic carbocycles. The largest absolute Gasteiger partial charge is 0.0776 e. The van der Waals surface area contributed by atoms with E-state index in [2.05, 4.69) is 52.0 Å². The summed E-state index contributed by atoms with van der Waals surface area (Å²) in [6, 6.07) is 0. The normalized spacial score (nSPS) is 21.8. The van der Waals surface area contributed by atoms with E-state index in [1.807, 2.05) is 0 Å². The molecule has 0 N–H and O–H groups in total. The van der Waals surface area contributed by atoms with Gasteiger partial charge in [-0.25, -0.2) is 0 Å². The van der Waals surface area contributed by atoms with E-state index in [1.165, 1.54) is 11.1 Å². The van der Waals surface area contributed by atoms with Gasteiger partial charge in [-0.05, 0) is 24.3 Å². The minimum absolute atomic E-state index is 0. The van der Waals surface area contributed by atoms with Crippen molar-refractivity contribution in [3.63, 3.8) is 0 Å². The monoisotopic (exact) mass is 178 g/mol. The Morgan fingerprint density at radius 2 is 1.77 bits per heavy atom. The van der Waals surface area contributed by atoms with Crippen LogP contribution in [0.15, 0.2) is 35.5 Å². The van der Waals surface area contributed by atoms with E-state index in [-0.39, 0.29) is 7.43 Å². The zero-order valence-electron chi connectivity index (χ0n) is 8.46. The molecule has 0 bridgehead atoms. The van der Waals surface area contributed by atoms with Gasteiger partial charge in [0.15, 0.2) is 0 Å². The third kappa shape index (κ3) is 3.63. The first-order chi connectivity index (χ1) is 5.59. The van der Waals surface area contributed by atoms with Gasteiger partial charge in [0, 0.05) is 0 Å². The molecule has 0 saturated heterocycles. The molecule has 0 fully saturated rings. The first kappa shape index (κ1) is 12.2. The maximum Gasteiger partial charge on any atom is -0.00702 e. The summed E-state index contributed by atoms with van der Waals surface area (Å²) in [5, 5.41) is 0. The van der Waals surface area contributed by atoms with Crippen molar-refractivity contribution in [3.05, 3.63) is 35.5 Å². The predicted molar refractivity (Wildman–Crippen MR) is 61.7 cm³/mol. The molecule has 0 amide bonds. The van der Waals surface area contributed by atoms with Crippen molar-refractivity contribution in [3.8, 4) is 0 Å². The summed E-state index contributed by atoms with van der Waals surface area (Å²) in [6.45, 7) is 8.87. The highest BCUT2D eigenvalue weighted by atomic mass is 14.1. The van der Waals surface area contributed by atoms with E-state index in [0.717, 1.165) is 0 Å². The van der Waals surface area contributed by atoms with E-state index in [9.17, 15) is 0 Å². The Morgan fingerprint density at radius 3 is 2.31 bits per heavy atom. The van der Waals surface area contributed by atoms with Gasteiger partial charge in [-0.2, -0.15) is 0 Å². The zero-order valence-corrected chi connectivity index (χ0v) is 8.46. The summed E-state index contributed by atoms with van der Waals surface area (Å²) in [4.78, 5) is 0. The molecular formula is C13H22. The number of rotatable bonds is 1. The van der Waals surface area contributed by atoms with Crippen molar-refractivity contribution >= 4 is 0 Å². The van der Waals surface area contributed by atoms with Crippen molar-refractivity contribution in [2.75, 3.05) is 0 Å². The van der Waals surface area contributed by atoms with Crippen LogP contribution < -0.4 is 0 Å². The number of hydrogen-bond donors (Lipinski definition) is 0. The Bertz CT molecular complexity index is 239. The smallest absolute Gasteiger partial charge is 0.00702 e. The van der Waals surface area contributed by atoms with Crippen molar-refractivity contribution in [2.45, 2.75) is 35.1 Å².